The number of benzene rings is 2. The molecule has 0 aliphatic carbocycles. The molecule has 0 saturated carbocycles. The third-order valence-corrected chi connectivity index (χ3v) is 5.19. The number of hydrogen-bond acceptors (Lipinski definition) is 3. The minimum Gasteiger partial charge on any atom is -0.492 e. The van der Waals surface area contributed by atoms with Crippen LogP contribution in [0.4, 0.5) is 0 Å². The Hall–Kier alpha value is -1.45. The summed E-state index contributed by atoms with van der Waals surface area (Å²) in [7, 11) is 0. The minimum atomic E-state index is 0.483. The Labute approximate surface area is 130 Å². The molecule has 2 nitrogen and oxygen atoms in total. The highest BCUT2D eigenvalue weighted by atomic mass is 32.2. The number of hydrogen-bond donors (Lipinski definition) is 1. The van der Waals surface area contributed by atoms with Gasteiger partial charge in [-0.3, -0.25) is 0 Å². The summed E-state index contributed by atoms with van der Waals surface area (Å²) in [5.74, 6) is 2.62. The summed E-state index contributed by atoms with van der Waals surface area (Å²) in [4.78, 5) is 1.40. The highest BCUT2D eigenvalue weighted by Crippen LogP contribution is 2.39. The highest BCUT2D eigenvalue weighted by molar-refractivity contribution is 7.99. The van der Waals surface area contributed by atoms with Crippen molar-refractivity contribution in [2.45, 2.75) is 24.2 Å². The molecule has 0 radical (unpaired) electrons. The zero-order valence-corrected chi connectivity index (χ0v) is 13.2. The lowest BCUT2D eigenvalue weighted by Crippen LogP contribution is -2.12. The van der Waals surface area contributed by atoms with Crippen LogP contribution in [0.25, 0.3) is 0 Å². The van der Waals surface area contributed by atoms with Crippen molar-refractivity contribution in [1.29, 1.82) is 0 Å². The van der Waals surface area contributed by atoms with Gasteiger partial charge in [-0.1, -0.05) is 36.4 Å². The molecule has 1 heterocycles. The van der Waals surface area contributed by atoms with Crippen LogP contribution >= 0.6 is 11.8 Å². The molecule has 0 fully saturated rings. The van der Waals surface area contributed by atoms with Crippen molar-refractivity contribution in [3.05, 3.63) is 59.2 Å². The second kappa shape index (κ2) is 6.54. The maximum atomic E-state index is 6.19. The van der Waals surface area contributed by atoms with Gasteiger partial charge in [0.1, 0.15) is 5.75 Å². The first-order valence-electron chi connectivity index (χ1n) is 7.42. The van der Waals surface area contributed by atoms with Crippen molar-refractivity contribution in [3.63, 3.8) is 0 Å². The summed E-state index contributed by atoms with van der Waals surface area (Å²) in [5, 5.41) is 0. The summed E-state index contributed by atoms with van der Waals surface area (Å²) in [6.07, 6.45) is 0.868. The van der Waals surface area contributed by atoms with E-state index in [4.69, 9.17) is 10.5 Å². The molecule has 0 bridgehead atoms. The van der Waals surface area contributed by atoms with Crippen LogP contribution in [0.15, 0.2) is 47.4 Å². The number of para-hydroxylation sites is 1. The van der Waals surface area contributed by atoms with Crippen molar-refractivity contribution >= 4 is 11.8 Å². The van der Waals surface area contributed by atoms with Gasteiger partial charge in [0.15, 0.2) is 0 Å². The first kappa shape index (κ1) is 14.5. The first-order valence-corrected chi connectivity index (χ1v) is 8.41. The number of aryl methyl sites for hydroxylation is 1. The van der Waals surface area contributed by atoms with E-state index < -0.39 is 0 Å². The van der Waals surface area contributed by atoms with E-state index in [0.717, 1.165) is 24.5 Å². The van der Waals surface area contributed by atoms with E-state index in [9.17, 15) is 0 Å². The van der Waals surface area contributed by atoms with Gasteiger partial charge in [-0.05, 0) is 42.6 Å². The molecular formula is C18H21NOS. The van der Waals surface area contributed by atoms with Crippen molar-refractivity contribution < 1.29 is 4.74 Å². The number of fused-ring (bicyclic) bond motifs is 1. The molecule has 1 unspecified atom stereocenters. The minimum absolute atomic E-state index is 0.483. The van der Waals surface area contributed by atoms with E-state index in [1.807, 2.05) is 11.8 Å². The van der Waals surface area contributed by atoms with Crippen LogP contribution in [-0.2, 0) is 6.42 Å². The predicted octanol–water partition coefficient (Wildman–Crippen LogP) is 3.76. The SMILES string of the molecule is Cc1cccc(CCN)c1OCC1CSc2ccccc21. The summed E-state index contributed by atoms with van der Waals surface area (Å²) < 4.78 is 6.19. The standard InChI is InChI=1S/C18H21NOS/c1-13-5-4-6-14(9-10-19)18(13)20-11-15-12-21-17-8-3-2-7-16(15)17/h2-8,15H,9-12,19H2,1H3. The van der Waals surface area contributed by atoms with E-state index in [-0.39, 0.29) is 0 Å². The van der Waals surface area contributed by atoms with Gasteiger partial charge in [0.25, 0.3) is 0 Å². The molecule has 0 aromatic heterocycles. The molecule has 0 saturated heterocycles. The van der Waals surface area contributed by atoms with Crippen molar-refractivity contribution in [1.82, 2.24) is 0 Å². The molecule has 0 amide bonds. The molecule has 0 spiro atoms. The molecule has 3 heteroatoms. The molecule has 21 heavy (non-hydrogen) atoms. The maximum Gasteiger partial charge on any atom is 0.125 e. The van der Waals surface area contributed by atoms with Gasteiger partial charge < -0.3 is 10.5 Å². The summed E-state index contributed by atoms with van der Waals surface area (Å²) >= 11 is 1.93. The molecule has 1 aliphatic heterocycles. The Morgan fingerprint density at radius 1 is 1.19 bits per heavy atom. The monoisotopic (exact) mass is 299 g/mol. The summed E-state index contributed by atoms with van der Waals surface area (Å²) in [6.45, 7) is 3.50. The van der Waals surface area contributed by atoms with E-state index in [0.29, 0.717) is 12.5 Å². The van der Waals surface area contributed by atoms with E-state index in [2.05, 4.69) is 49.4 Å². The smallest absolute Gasteiger partial charge is 0.125 e. The van der Waals surface area contributed by atoms with Crippen LogP contribution in [0.3, 0.4) is 0 Å². The van der Waals surface area contributed by atoms with Gasteiger partial charge in [0.2, 0.25) is 0 Å². The third kappa shape index (κ3) is 3.09. The van der Waals surface area contributed by atoms with Crippen LogP contribution in [0.1, 0.15) is 22.6 Å². The lowest BCUT2D eigenvalue weighted by Gasteiger charge is -2.17. The topological polar surface area (TPSA) is 35.2 Å². The fourth-order valence-electron chi connectivity index (χ4n) is 2.82. The third-order valence-electron chi connectivity index (χ3n) is 3.93. The van der Waals surface area contributed by atoms with Gasteiger partial charge in [-0.25, -0.2) is 0 Å². The number of ether oxygens (including phenoxy) is 1. The van der Waals surface area contributed by atoms with Gasteiger partial charge in [0.05, 0.1) is 6.61 Å². The fraction of sp³-hybridized carbons (Fsp3) is 0.333. The van der Waals surface area contributed by atoms with E-state index in [1.165, 1.54) is 21.6 Å². The zero-order valence-electron chi connectivity index (χ0n) is 12.3. The Morgan fingerprint density at radius 3 is 2.90 bits per heavy atom. The second-order valence-electron chi connectivity index (χ2n) is 5.46. The molecule has 2 aromatic carbocycles. The molecule has 2 N–H and O–H groups in total. The second-order valence-corrected chi connectivity index (χ2v) is 6.52. The normalized spacial score (nSPS) is 16.8. The Kier molecular flexibility index (Phi) is 4.51. The first-order chi connectivity index (χ1) is 10.3. The van der Waals surface area contributed by atoms with Crippen LogP contribution in [0.2, 0.25) is 0 Å². The van der Waals surface area contributed by atoms with Crippen molar-refractivity contribution in [2.24, 2.45) is 5.73 Å². The molecule has 1 atom stereocenters. The Bertz CT molecular complexity index is 626. The van der Waals surface area contributed by atoms with E-state index >= 15 is 0 Å². The molecule has 3 rings (SSSR count). The predicted molar refractivity (Wildman–Crippen MR) is 89.3 cm³/mol. The Balaban J connectivity index is 1.74. The number of thioether (sulfide) groups is 1. The van der Waals surface area contributed by atoms with Crippen LogP contribution in [-0.4, -0.2) is 18.9 Å². The molecule has 110 valence electrons. The lowest BCUT2D eigenvalue weighted by atomic mass is 10.0. The van der Waals surface area contributed by atoms with Crippen LogP contribution in [0.5, 0.6) is 5.75 Å². The highest BCUT2D eigenvalue weighted by Gasteiger charge is 2.23. The lowest BCUT2D eigenvalue weighted by molar-refractivity contribution is 0.293. The van der Waals surface area contributed by atoms with Crippen molar-refractivity contribution in [2.75, 3.05) is 18.9 Å². The van der Waals surface area contributed by atoms with Crippen LogP contribution in [0, 0.1) is 6.92 Å². The average Bonchev–Trinajstić information content (AvgIpc) is 2.90. The molecule has 2 aromatic rings. The summed E-state index contributed by atoms with van der Waals surface area (Å²) in [5.41, 5.74) is 9.54. The van der Waals surface area contributed by atoms with Crippen LogP contribution < -0.4 is 10.5 Å². The van der Waals surface area contributed by atoms with E-state index in [1.54, 1.807) is 0 Å². The summed E-state index contributed by atoms with van der Waals surface area (Å²) in [6, 6.07) is 14.9. The largest absolute Gasteiger partial charge is 0.492 e. The fourth-order valence-corrected chi connectivity index (χ4v) is 4.06. The zero-order chi connectivity index (χ0) is 14.7. The van der Waals surface area contributed by atoms with Crippen molar-refractivity contribution in [3.8, 4) is 5.75 Å². The number of nitrogens with two attached hydrogens (primary N) is 1. The average molecular weight is 299 g/mol. The Morgan fingerprint density at radius 2 is 2.05 bits per heavy atom. The van der Waals surface area contributed by atoms with Gasteiger partial charge in [-0.2, -0.15) is 0 Å². The molecule has 1 aliphatic rings. The number of rotatable bonds is 5. The van der Waals surface area contributed by atoms with Gasteiger partial charge >= 0.3 is 0 Å². The maximum absolute atomic E-state index is 6.19. The van der Waals surface area contributed by atoms with Gasteiger partial charge in [0, 0.05) is 16.6 Å². The molecular weight excluding hydrogens is 278 g/mol. The van der Waals surface area contributed by atoms with Gasteiger partial charge in [-0.15, -0.1) is 11.8 Å². The quantitative estimate of drug-likeness (QED) is 0.913.